The molecule has 1 aliphatic heterocycles. The van der Waals surface area contributed by atoms with E-state index in [2.05, 4.69) is 29.2 Å². The van der Waals surface area contributed by atoms with Gasteiger partial charge in [0.2, 0.25) is 0 Å². The van der Waals surface area contributed by atoms with E-state index in [1.165, 1.54) is 13.2 Å². The molecule has 0 aliphatic carbocycles. The van der Waals surface area contributed by atoms with Crippen molar-refractivity contribution >= 4 is 11.9 Å². The van der Waals surface area contributed by atoms with Gasteiger partial charge in [0.15, 0.2) is 0 Å². The number of hydrogen-bond acceptors (Lipinski definition) is 5. The normalized spacial score (nSPS) is 20.0. The Balaban J connectivity index is 1.91. The van der Waals surface area contributed by atoms with Gasteiger partial charge in [-0.05, 0) is 30.5 Å². The van der Waals surface area contributed by atoms with Gasteiger partial charge in [0, 0.05) is 25.2 Å². The number of carbonyl (C=O) groups excluding carboxylic acids is 2. The molecule has 0 spiro atoms. The van der Waals surface area contributed by atoms with Crippen LogP contribution in [-0.4, -0.2) is 36.1 Å². The van der Waals surface area contributed by atoms with E-state index in [0.29, 0.717) is 18.7 Å². The van der Waals surface area contributed by atoms with Crippen LogP contribution in [0.15, 0.2) is 72.3 Å². The molecular formula is C24H27NO4. The maximum Gasteiger partial charge on any atom is 0.331 e. The number of hydrogen-bond donors (Lipinski definition) is 0. The highest BCUT2D eigenvalue weighted by molar-refractivity contribution is 5.88. The molecule has 29 heavy (non-hydrogen) atoms. The van der Waals surface area contributed by atoms with Crippen LogP contribution in [-0.2, 0) is 32.2 Å². The van der Waals surface area contributed by atoms with E-state index < -0.39 is 18.0 Å². The third-order valence-corrected chi connectivity index (χ3v) is 5.38. The van der Waals surface area contributed by atoms with Crippen molar-refractivity contribution in [2.45, 2.75) is 39.1 Å². The Bertz CT molecular complexity index is 821. The van der Waals surface area contributed by atoms with Crippen molar-refractivity contribution in [3.63, 3.8) is 0 Å². The Kier molecular flexibility index (Phi) is 6.83. The van der Waals surface area contributed by atoms with Crippen molar-refractivity contribution in [1.29, 1.82) is 0 Å². The molecule has 152 valence electrons. The first-order chi connectivity index (χ1) is 14.0. The molecule has 1 aliphatic rings. The van der Waals surface area contributed by atoms with E-state index in [9.17, 15) is 9.59 Å². The summed E-state index contributed by atoms with van der Waals surface area (Å²) in [6.45, 7) is 5.11. The molecule has 3 atom stereocenters. The second-order valence-electron chi connectivity index (χ2n) is 7.41. The summed E-state index contributed by atoms with van der Waals surface area (Å²) in [6.07, 6.45) is 0.760. The molecule has 0 amide bonds. The molecule has 2 aromatic carbocycles. The van der Waals surface area contributed by atoms with E-state index in [4.69, 9.17) is 9.47 Å². The number of cyclic esters (lactones) is 1. The average molecular weight is 393 g/mol. The fourth-order valence-corrected chi connectivity index (χ4v) is 3.78. The average Bonchev–Trinajstić information content (AvgIpc) is 2.73. The number of ether oxygens (including phenoxy) is 2. The van der Waals surface area contributed by atoms with Crippen LogP contribution >= 0.6 is 0 Å². The zero-order chi connectivity index (χ0) is 20.8. The molecule has 0 fully saturated rings. The Labute approximate surface area is 171 Å². The van der Waals surface area contributed by atoms with Gasteiger partial charge in [-0.1, -0.05) is 60.7 Å². The third-order valence-electron chi connectivity index (χ3n) is 5.38. The molecule has 2 aromatic rings. The minimum Gasteiger partial charge on any atom is -0.468 e. The minimum absolute atomic E-state index is 0.202. The summed E-state index contributed by atoms with van der Waals surface area (Å²) in [5.74, 6) is -1.41. The van der Waals surface area contributed by atoms with Crippen LogP contribution in [0.25, 0.3) is 0 Å². The van der Waals surface area contributed by atoms with Gasteiger partial charge in [-0.25, -0.2) is 4.79 Å². The molecule has 0 radical (unpaired) electrons. The van der Waals surface area contributed by atoms with Gasteiger partial charge >= 0.3 is 11.9 Å². The summed E-state index contributed by atoms with van der Waals surface area (Å²) in [4.78, 5) is 26.8. The first kappa shape index (κ1) is 20.8. The van der Waals surface area contributed by atoms with E-state index >= 15 is 0 Å². The third kappa shape index (κ3) is 5.12. The van der Waals surface area contributed by atoms with Crippen molar-refractivity contribution in [2.75, 3.05) is 7.11 Å². The molecule has 1 heterocycles. The first-order valence-electron chi connectivity index (χ1n) is 9.78. The van der Waals surface area contributed by atoms with Crippen LogP contribution in [0, 0.1) is 5.92 Å². The summed E-state index contributed by atoms with van der Waals surface area (Å²) < 4.78 is 10.7. The SMILES string of the molecule is COC(=O)[C@H]1C(C)=CC(=O)O[C@@H]1[C@H](C)N(Cc1ccccc1)Cc1ccccc1. The lowest BCUT2D eigenvalue weighted by Crippen LogP contribution is -2.50. The van der Waals surface area contributed by atoms with Gasteiger partial charge < -0.3 is 9.47 Å². The number of methoxy groups -OCH3 is 1. The minimum atomic E-state index is -0.618. The number of carbonyl (C=O) groups is 2. The Morgan fingerprint density at radius 1 is 1.03 bits per heavy atom. The highest BCUT2D eigenvalue weighted by atomic mass is 16.6. The number of esters is 2. The van der Waals surface area contributed by atoms with Crippen LogP contribution in [0.2, 0.25) is 0 Å². The van der Waals surface area contributed by atoms with Crippen molar-refractivity contribution < 1.29 is 19.1 Å². The maximum atomic E-state index is 12.5. The number of benzene rings is 2. The first-order valence-corrected chi connectivity index (χ1v) is 9.78. The van der Waals surface area contributed by atoms with E-state index in [1.54, 1.807) is 6.92 Å². The zero-order valence-electron chi connectivity index (χ0n) is 17.1. The van der Waals surface area contributed by atoms with Crippen LogP contribution in [0.3, 0.4) is 0 Å². The lowest BCUT2D eigenvalue weighted by Gasteiger charge is -2.39. The van der Waals surface area contributed by atoms with Crippen LogP contribution in [0.5, 0.6) is 0 Å². The van der Waals surface area contributed by atoms with Crippen molar-refractivity contribution in [2.24, 2.45) is 5.92 Å². The highest BCUT2D eigenvalue weighted by Gasteiger charge is 2.42. The fraction of sp³-hybridized carbons (Fsp3) is 0.333. The summed E-state index contributed by atoms with van der Waals surface area (Å²) in [5.41, 5.74) is 2.97. The Morgan fingerprint density at radius 3 is 2.03 bits per heavy atom. The van der Waals surface area contributed by atoms with Gasteiger partial charge in [-0.15, -0.1) is 0 Å². The smallest absolute Gasteiger partial charge is 0.331 e. The quantitative estimate of drug-likeness (QED) is 0.671. The monoisotopic (exact) mass is 393 g/mol. The molecule has 0 saturated carbocycles. The lowest BCUT2D eigenvalue weighted by molar-refractivity contribution is -0.162. The maximum absolute atomic E-state index is 12.5. The van der Waals surface area contributed by atoms with Gasteiger partial charge in [-0.2, -0.15) is 0 Å². The molecular weight excluding hydrogens is 366 g/mol. The molecule has 0 bridgehead atoms. The van der Waals surface area contributed by atoms with Gasteiger partial charge in [-0.3, -0.25) is 9.69 Å². The number of nitrogens with zero attached hydrogens (tertiary/aromatic N) is 1. The Hall–Kier alpha value is -2.92. The van der Waals surface area contributed by atoms with E-state index in [1.807, 2.05) is 43.3 Å². The summed E-state index contributed by atoms with van der Waals surface area (Å²) in [5, 5.41) is 0. The predicted molar refractivity (Wildman–Crippen MR) is 111 cm³/mol. The van der Waals surface area contributed by atoms with Crippen molar-refractivity contribution in [3.05, 3.63) is 83.4 Å². The topological polar surface area (TPSA) is 55.8 Å². The number of rotatable bonds is 7. The molecule has 3 rings (SSSR count). The van der Waals surface area contributed by atoms with Gasteiger partial charge in [0.1, 0.15) is 12.0 Å². The van der Waals surface area contributed by atoms with E-state index in [-0.39, 0.29) is 12.0 Å². The molecule has 5 nitrogen and oxygen atoms in total. The summed E-state index contributed by atoms with van der Waals surface area (Å²) >= 11 is 0. The van der Waals surface area contributed by atoms with Gasteiger partial charge in [0.05, 0.1) is 7.11 Å². The van der Waals surface area contributed by atoms with Crippen molar-refractivity contribution in [1.82, 2.24) is 4.90 Å². The molecule has 0 N–H and O–H groups in total. The molecule has 0 saturated heterocycles. The summed E-state index contributed by atoms with van der Waals surface area (Å²) in [7, 11) is 1.36. The van der Waals surface area contributed by atoms with Crippen molar-refractivity contribution in [3.8, 4) is 0 Å². The van der Waals surface area contributed by atoms with E-state index in [0.717, 1.165) is 11.1 Å². The van der Waals surface area contributed by atoms with Crippen LogP contribution < -0.4 is 0 Å². The lowest BCUT2D eigenvalue weighted by atomic mass is 9.87. The largest absolute Gasteiger partial charge is 0.468 e. The van der Waals surface area contributed by atoms with Crippen LogP contribution in [0.1, 0.15) is 25.0 Å². The Morgan fingerprint density at radius 2 is 1.55 bits per heavy atom. The van der Waals surface area contributed by atoms with Crippen LogP contribution in [0.4, 0.5) is 0 Å². The summed E-state index contributed by atoms with van der Waals surface area (Å²) in [6, 6.07) is 20.1. The van der Waals surface area contributed by atoms with Gasteiger partial charge in [0.25, 0.3) is 0 Å². The molecule has 0 unspecified atom stereocenters. The molecule has 5 heteroatoms. The highest BCUT2D eigenvalue weighted by Crippen LogP contribution is 2.30. The predicted octanol–water partition coefficient (Wildman–Crippen LogP) is 3.74. The second kappa shape index (κ2) is 9.52. The molecule has 0 aromatic heterocycles. The standard InChI is InChI=1S/C24H27NO4/c1-17-14-21(26)29-23(22(17)24(27)28-3)18(2)25(15-19-10-6-4-7-11-19)16-20-12-8-5-9-13-20/h4-14,18,22-23H,15-16H2,1-3H3/t18-,22-,23+/m0/s1. The fourth-order valence-electron chi connectivity index (χ4n) is 3.78. The second-order valence-corrected chi connectivity index (χ2v) is 7.41. The zero-order valence-corrected chi connectivity index (χ0v) is 17.1.